The minimum absolute atomic E-state index is 0.0779. The van der Waals surface area contributed by atoms with Gasteiger partial charge in [-0.15, -0.1) is 6.58 Å². The van der Waals surface area contributed by atoms with Gasteiger partial charge in [0.05, 0.1) is 18.9 Å². The molecule has 0 bridgehead atoms. The number of carbonyl (C=O) groups is 5. The molecule has 0 radical (unpaired) electrons. The zero-order valence-corrected chi connectivity index (χ0v) is 27.2. The lowest BCUT2D eigenvalue weighted by Gasteiger charge is -2.29. The number of allylic oxidation sites excluding steroid dienone is 1. The molecule has 4 N–H and O–H groups in total. The summed E-state index contributed by atoms with van der Waals surface area (Å²) in [5.74, 6) is -2.92. The van der Waals surface area contributed by atoms with E-state index in [2.05, 4.69) is 33.5 Å². The van der Waals surface area contributed by atoms with Crippen LogP contribution in [0.2, 0.25) is 0 Å². The third-order valence-electron chi connectivity index (χ3n) is 8.77. The van der Waals surface area contributed by atoms with Crippen LogP contribution in [0.15, 0.2) is 55.3 Å². The zero-order valence-electron chi connectivity index (χ0n) is 26.4. The standard InChI is InChI=1S/C32H37N5O10S/c1-5-19-15-32(19,30(41)36-48(44,45)22-7-8-22)35-27(39)25-13-21(47-28-23-9-6-20(46-4)12-18(23)10-11-33-28)16-37(25)29(40)24(34-31(42)43)14-26(38)17(2)3/h5-6,9-12,19,21-22,24-25,34H,1-2,7-8,13-16H2,3-4H3,(H,35,39)(H,36,41)(H,42,43)/t19?,21-,24+,25+,32?/m1/s1. The van der Waals surface area contributed by atoms with Gasteiger partial charge < -0.3 is 30.1 Å². The number of benzene rings is 1. The van der Waals surface area contributed by atoms with Gasteiger partial charge in [0.2, 0.25) is 27.7 Å². The quantitative estimate of drug-likeness (QED) is 0.165. The summed E-state index contributed by atoms with van der Waals surface area (Å²) in [7, 11) is -2.40. The van der Waals surface area contributed by atoms with E-state index in [-0.39, 0.29) is 30.8 Å². The molecule has 16 heteroatoms. The highest BCUT2D eigenvalue weighted by molar-refractivity contribution is 7.91. The van der Waals surface area contributed by atoms with Crippen LogP contribution < -0.4 is 24.8 Å². The number of carbonyl (C=O) groups excluding carboxylic acids is 4. The van der Waals surface area contributed by atoms with Gasteiger partial charge in [0.1, 0.15) is 29.5 Å². The largest absolute Gasteiger partial charge is 0.497 e. The van der Waals surface area contributed by atoms with Gasteiger partial charge in [0, 0.05) is 30.3 Å². The monoisotopic (exact) mass is 683 g/mol. The third kappa shape index (κ3) is 7.12. The van der Waals surface area contributed by atoms with Gasteiger partial charge >= 0.3 is 6.09 Å². The summed E-state index contributed by atoms with van der Waals surface area (Å²) in [4.78, 5) is 70.8. The molecule has 1 aromatic carbocycles. The van der Waals surface area contributed by atoms with Crippen molar-refractivity contribution >= 4 is 50.4 Å². The lowest BCUT2D eigenvalue weighted by atomic mass is 10.0. The molecule has 1 aliphatic heterocycles. The number of aromatic nitrogens is 1. The number of fused-ring (bicyclic) bond motifs is 1. The molecular formula is C32H37N5O10S. The van der Waals surface area contributed by atoms with Crippen LogP contribution in [0.25, 0.3) is 10.8 Å². The lowest BCUT2D eigenvalue weighted by molar-refractivity contribution is -0.141. The van der Waals surface area contributed by atoms with E-state index in [1.807, 2.05) is 0 Å². The predicted octanol–water partition coefficient (Wildman–Crippen LogP) is 1.43. The van der Waals surface area contributed by atoms with E-state index in [4.69, 9.17) is 9.47 Å². The molecule has 3 aliphatic rings. The first-order valence-electron chi connectivity index (χ1n) is 15.3. The first kappa shape index (κ1) is 34.3. The second-order valence-electron chi connectivity index (χ2n) is 12.3. The Hall–Kier alpha value is -4.99. The fraction of sp³-hybridized carbons (Fsp3) is 0.438. The number of likely N-dealkylation sites (tertiary alicyclic amines) is 1. The maximum absolute atomic E-state index is 14.0. The number of nitrogens with one attached hydrogen (secondary N) is 3. The molecule has 48 heavy (non-hydrogen) atoms. The van der Waals surface area contributed by atoms with Crippen molar-refractivity contribution in [2.45, 2.75) is 68.0 Å². The lowest BCUT2D eigenvalue weighted by Crippen LogP contribution is -2.58. The van der Waals surface area contributed by atoms with E-state index >= 15 is 0 Å². The molecule has 2 unspecified atom stereocenters. The fourth-order valence-corrected chi connectivity index (χ4v) is 7.17. The Labute approximate surface area is 276 Å². The topological polar surface area (TPSA) is 210 Å². The second kappa shape index (κ2) is 13.3. The van der Waals surface area contributed by atoms with Gasteiger partial charge in [-0.3, -0.25) is 23.9 Å². The molecule has 15 nitrogen and oxygen atoms in total. The van der Waals surface area contributed by atoms with E-state index in [0.717, 1.165) is 10.3 Å². The number of nitrogens with zero attached hydrogens (tertiary/aromatic N) is 2. The Morgan fingerprint density at radius 1 is 1.21 bits per heavy atom. The highest BCUT2D eigenvalue weighted by atomic mass is 32.2. The van der Waals surface area contributed by atoms with Crippen LogP contribution in [0.4, 0.5) is 4.79 Å². The number of ketones is 1. The first-order valence-corrected chi connectivity index (χ1v) is 16.8. The normalized spacial score (nSPS) is 23.8. The number of ether oxygens (including phenoxy) is 2. The second-order valence-corrected chi connectivity index (χ2v) is 14.2. The van der Waals surface area contributed by atoms with Crippen LogP contribution in [0.5, 0.6) is 11.6 Å². The summed E-state index contributed by atoms with van der Waals surface area (Å²) in [6, 6.07) is 4.14. The number of hydrogen-bond acceptors (Lipinski definition) is 10. The van der Waals surface area contributed by atoms with E-state index in [1.54, 1.807) is 24.3 Å². The average molecular weight is 684 g/mol. The van der Waals surface area contributed by atoms with Crippen LogP contribution in [0.1, 0.15) is 39.0 Å². The molecule has 5 rings (SSSR count). The molecule has 1 saturated heterocycles. The minimum atomic E-state index is -3.93. The number of methoxy groups -OCH3 is 1. The SMILES string of the molecule is C=CC1CC1(NC(=O)[C@@H]1C[C@@H](Oc2nccc3cc(OC)ccc23)CN1C(=O)[C@H](CC(=O)C(=C)C)NC(=O)O)C(=O)NS(=O)(=O)C1CC1. The van der Waals surface area contributed by atoms with E-state index in [0.29, 0.717) is 24.0 Å². The van der Waals surface area contributed by atoms with Crippen molar-refractivity contribution < 1.29 is 47.0 Å². The number of Topliss-reactive ketones (excluding diaryl/α,β-unsaturated/α-hetero) is 1. The molecule has 256 valence electrons. The zero-order chi connectivity index (χ0) is 35.0. The van der Waals surface area contributed by atoms with Crippen molar-refractivity contribution in [3.8, 4) is 11.6 Å². The van der Waals surface area contributed by atoms with Gasteiger partial charge in [0.25, 0.3) is 5.91 Å². The van der Waals surface area contributed by atoms with E-state index in [1.165, 1.54) is 26.3 Å². The highest BCUT2D eigenvalue weighted by Crippen LogP contribution is 2.45. The summed E-state index contributed by atoms with van der Waals surface area (Å²) < 4.78 is 38.7. The fourth-order valence-electron chi connectivity index (χ4n) is 5.81. The van der Waals surface area contributed by atoms with Crippen molar-refractivity contribution in [2.75, 3.05) is 13.7 Å². The average Bonchev–Trinajstić information content (AvgIpc) is 3.96. The van der Waals surface area contributed by atoms with Crippen LogP contribution in [0.3, 0.4) is 0 Å². The van der Waals surface area contributed by atoms with Gasteiger partial charge in [-0.2, -0.15) is 0 Å². The Bertz CT molecular complexity index is 1810. The molecule has 2 aliphatic carbocycles. The van der Waals surface area contributed by atoms with Crippen molar-refractivity contribution in [3.63, 3.8) is 0 Å². The molecule has 2 saturated carbocycles. The predicted molar refractivity (Wildman–Crippen MR) is 171 cm³/mol. The molecule has 2 heterocycles. The number of pyridine rings is 1. The van der Waals surface area contributed by atoms with Gasteiger partial charge in [-0.25, -0.2) is 18.2 Å². The Balaban J connectivity index is 1.43. The number of hydrogen-bond donors (Lipinski definition) is 4. The number of sulfonamides is 1. The van der Waals surface area contributed by atoms with E-state index in [9.17, 15) is 37.5 Å². The maximum Gasteiger partial charge on any atom is 0.405 e. The van der Waals surface area contributed by atoms with Gasteiger partial charge in [0.15, 0.2) is 5.78 Å². The van der Waals surface area contributed by atoms with Crippen LogP contribution in [0, 0.1) is 5.92 Å². The highest BCUT2D eigenvalue weighted by Gasteiger charge is 2.62. The van der Waals surface area contributed by atoms with Crippen molar-refractivity contribution in [2.24, 2.45) is 5.92 Å². The number of rotatable bonds is 14. The summed E-state index contributed by atoms with van der Waals surface area (Å²) >= 11 is 0. The number of amides is 4. The summed E-state index contributed by atoms with van der Waals surface area (Å²) in [5, 5.41) is 14.9. The molecule has 3 fully saturated rings. The van der Waals surface area contributed by atoms with Crippen LogP contribution >= 0.6 is 0 Å². The minimum Gasteiger partial charge on any atom is -0.497 e. The molecule has 2 aromatic rings. The number of carboxylic acid groups (broad SMARTS) is 1. The summed E-state index contributed by atoms with van der Waals surface area (Å²) in [5.41, 5.74) is -1.52. The molecular weight excluding hydrogens is 646 g/mol. The van der Waals surface area contributed by atoms with Gasteiger partial charge in [-0.05, 0) is 61.4 Å². The molecule has 0 spiro atoms. The molecule has 5 atom stereocenters. The van der Waals surface area contributed by atoms with Gasteiger partial charge in [-0.1, -0.05) is 12.7 Å². The van der Waals surface area contributed by atoms with E-state index < -0.39 is 80.9 Å². The van der Waals surface area contributed by atoms with Crippen LogP contribution in [-0.2, 0) is 29.2 Å². The Morgan fingerprint density at radius 3 is 2.54 bits per heavy atom. The Kier molecular flexibility index (Phi) is 9.48. The Morgan fingerprint density at radius 2 is 1.94 bits per heavy atom. The smallest absolute Gasteiger partial charge is 0.405 e. The van der Waals surface area contributed by atoms with Crippen molar-refractivity contribution in [1.82, 2.24) is 25.2 Å². The summed E-state index contributed by atoms with van der Waals surface area (Å²) in [6.07, 6.45) is 0.837. The van der Waals surface area contributed by atoms with Crippen LogP contribution in [-0.4, -0.2) is 95.6 Å². The van der Waals surface area contributed by atoms with Crippen molar-refractivity contribution in [3.05, 3.63) is 55.3 Å². The third-order valence-corrected chi connectivity index (χ3v) is 10.6. The summed E-state index contributed by atoms with van der Waals surface area (Å²) in [6.45, 7) is 8.48. The van der Waals surface area contributed by atoms with Crippen molar-refractivity contribution in [1.29, 1.82) is 0 Å². The molecule has 4 amide bonds. The first-order chi connectivity index (χ1) is 22.7. The molecule has 1 aromatic heterocycles. The maximum atomic E-state index is 14.0.